The second-order valence-electron chi connectivity index (χ2n) is 8.48. The number of carbonyl (C=O) groups excluding carboxylic acids is 1. The first-order valence-corrected chi connectivity index (χ1v) is 11.7. The van der Waals surface area contributed by atoms with E-state index in [4.69, 9.17) is 4.74 Å². The lowest BCUT2D eigenvalue weighted by atomic mass is 10.1. The number of nitrogens with one attached hydrogen (secondary N) is 2. The number of nitrogens with zero attached hydrogens (tertiary/aromatic N) is 7. The molecule has 4 atom stereocenters. The molecule has 13 heteroatoms. The van der Waals surface area contributed by atoms with E-state index in [1.807, 2.05) is 37.3 Å². The van der Waals surface area contributed by atoms with Gasteiger partial charge in [0.2, 0.25) is 0 Å². The summed E-state index contributed by atoms with van der Waals surface area (Å²) >= 11 is 0. The van der Waals surface area contributed by atoms with Crippen LogP contribution in [-0.2, 0) is 16.0 Å². The second kappa shape index (κ2) is 9.97. The maximum Gasteiger partial charge on any atom is 0.256 e. The van der Waals surface area contributed by atoms with Gasteiger partial charge in [0.05, 0.1) is 18.2 Å². The Bertz CT molecular complexity index is 1360. The van der Waals surface area contributed by atoms with Crippen LogP contribution < -0.4 is 10.6 Å². The lowest BCUT2D eigenvalue weighted by Crippen LogP contribution is -2.41. The van der Waals surface area contributed by atoms with Crippen molar-refractivity contribution in [3.63, 3.8) is 0 Å². The number of fused-ring (bicyclic) bond motifs is 1. The first-order chi connectivity index (χ1) is 17.5. The Hall–Kier alpha value is -3.94. The lowest BCUT2D eigenvalue weighted by molar-refractivity contribution is -0.137. The molecule has 4 aromatic rings. The third-order valence-electron chi connectivity index (χ3n) is 5.94. The molecule has 1 fully saturated rings. The van der Waals surface area contributed by atoms with Gasteiger partial charge in [0.25, 0.3) is 11.9 Å². The fraction of sp³-hybridized carbons (Fsp3) is 0.391. The average molecular weight is 494 g/mol. The Morgan fingerprint density at radius 1 is 1.17 bits per heavy atom. The molecule has 0 aliphatic carbocycles. The number of hydrogen-bond donors (Lipinski definition) is 4. The highest BCUT2D eigenvalue weighted by Crippen LogP contribution is 2.33. The number of imidazole rings is 1. The molecule has 1 amide bonds. The highest BCUT2D eigenvalue weighted by molar-refractivity contribution is 5.84. The maximum atomic E-state index is 12.1. The van der Waals surface area contributed by atoms with E-state index < -0.39 is 30.4 Å². The van der Waals surface area contributed by atoms with Crippen molar-refractivity contribution in [2.24, 2.45) is 0 Å². The summed E-state index contributed by atoms with van der Waals surface area (Å²) in [6, 6.07) is 9.92. The molecule has 36 heavy (non-hydrogen) atoms. The minimum absolute atomic E-state index is 0.241. The van der Waals surface area contributed by atoms with E-state index in [2.05, 4.69) is 35.9 Å². The molecule has 1 aromatic carbocycles. The van der Waals surface area contributed by atoms with Gasteiger partial charge in [-0.05, 0) is 12.0 Å². The van der Waals surface area contributed by atoms with Crippen LogP contribution in [0.3, 0.4) is 0 Å². The van der Waals surface area contributed by atoms with Crippen molar-refractivity contribution in [1.82, 2.24) is 39.8 Å². The van der Waals surface area contributed by atoms with E-state index in [0.29, 0.717) is 29.9 Å². The van der Waals surface area contributed by atoms with Crippen LogP contribution in [0.1, 0.15) is 30.8 Å². The van der Waals surface area contributed by atoms with Crippen molar-refractivity contribution in [2.45, 2.75) is 44.3 Å². The van der Waals surface area contributed by atoms with E-state index in [-0.39, 0.29) is 5.95 Å². The number of amides is 1. The molecule has 1 aliphatic rings. The number of rotatable bonds is 8. The molecule has 3 aromatic heterocycles. The van der Waals surface area contributed by atoms with Gasteiger partial charge >= 0.3 is 0 Å². The number of carbonyl (C=O) groups is 1. The normalized spacial score (nSPS) is 21.7. The Morgan fingerprint density at radius 3 is 2.72 bits per heavy atom. The number of anilines is 1. The Kier molecular flexibility index (Phi) is 6.59. The largest absolute Gasteiger partial charge is 0.387 e. The molecule has 5 rings (SSSR count). The van der Waals surface area contributed by atoms with Crippen molar-refractivity contribution in [1.29, 1.82) is 0 Å². The van der Waals surface area contributed by atoms with E-state index in [9.17, 15) is 15.0 Å². The van der Waals surface area contributed by atoms with Crippen molar-refractivity contribution in [2.75, 3.05) is 18.9 Å². The first-order valence-electron chi connectivity index (χ1n) is 11.7. The molecule has 0 bridgehead atoms. The van der Waals surface area contributed by atoms with Crippen molar-refractivity contribution >= 4 is 22.9 Å². The van der Waals surface area contributed by atoms with Gasteiger partial charge in [-0.15, -0.1) is 5.10 Å². The zero-order chi connectivity index (χ0) is 25.2. The lowest BCUT2D eigenvalue weighted by Gasteiger charge is -2.17. The van der Waals surface area contributed by atoms with Crippen molar-refractivity contribution in [3.8, 4) is 5.95 Å². The maximum absolute atomic E-state index is 12.1. The van der Waals surface area contributed by atoms with E-state index in [1.165, 1.54) is 22.6 Å². The average Bonchev–Trinajstić information content (AvgIpc) is 3.61. The summed E-state index contributed by atoms with van der Waals surface area (Å²) in [6.07, 6.45) is -0.457. The highest BCUT2D eigenvalue weighted by Gasteiger charge is 2.47. The Balaban J connectivity index is 1.53. The SMILES string of the molecule is CCCNc1nc(-n2cc(Cc3ccccc3)nn2)nc2c1ncn2[C@@H]1O[C@H](C(=O)NC)[C@@H](O)[C@H]1O. The van der Waals surface area contributed by atoms with Crippen LogP contribution in [0.15, 0.2) is 42.9 Å². The zero-order valence-corrected chi connectivity index (χ0v) is 19.8. The number of hydrogen-bond acceptors (Lipinski definition) is 10. The molecule has 0 radical (unpaired) electrons. The van der Waals surface area contributed by atoms with E-state index in [1.54, 1.807) is 6.20 Å². The highest BCUT2D eigenvalue weighted by atomic mass is 16.6. The second-order valence-corrected chi connectivity index (χ2v) is 8.48. The number of aliphatic hydroxyl groups is 2. The molecule has 1 saturated heterocycles. The predicted molar refractivity (Wildman–Crippen MR) is 128 cm³/mol. The van der Waals surface area contributed by atoms with Gasteiger partial charge in [-0.1, -0.05) is 42.5 Å². The summed E-state index contributed by atoms with van der Waals surface area (Å²) in [7, 11) is 1.43. The zero-order valence-electron chi connectivity index (χ0n) is 19.8. The molecule has 188 valence electrons. The third-order valence-corrected chi connectivity index (χ3v) is 5.94. The van der Waals surface area contributed by atoms with Gasteiger partial charge in [0.15, 0.2) is 29.3 Å². The Labute approximate surface area is 206 Å². The Morgan fingerprint density at radius 2 is 1.97 bits per heavy atom. The van der Waals surface area contributed by atoms with Crippen LogP contribution >= 0.6 is 0 Å². The van der Waals surface area contributed by atoms with E-state index in [0.717, 1.165) is 17.7 Å². The molecule has 0 saturated carbocycles. The summed E-state index contributed by atoms with van der Waals surface area (Å²) < 4.78 is 8.68. The number of aromatic nitrogens is 7. The quantitative estimate of drug-likeness (QED) is 0.266. The smallest absolute Gasteiger partial charge is 0.256 e. The fourth-order valence-electron chi connectivity index (χ4n) is 4.09. The minimum Gasteiger partial charge on any atom is -0.387 e. The van der Waals surface area contributed by atoms with Crippen molar-refractivity contribution < 1.29 is 19.7 Å². The van der Waals surface area contributed by atoms with E-state index >= 15 is 0 Å². The van der Waals surface area contributed by atoms with Gasteiger partial charge in [0, 0.05) is 20.0 Å². The van der Waals surface area contributed by atoms with Gasteiger partial charge in [-0.25, -0.2) is 4.98 Å². The minimum atomic E-state index is -1.41. The topological polar surface area (TPSA) is 165 Å². The summed E-state index contributed by atoms with van der Waals surface area (Å²) in [5.41, 5.74) is 2.63. The van der Waals surface area contributed by atoms with Crippen LogP contribution in [0, 0.1) is 0 Å². The fourth-order valence-corrected chi connectivity index (χ4v) is 4.09. The number of aliphatic hydroxyl groups excluding tert-OH is 2. The summed E-state index contributed by atoms with van der Waals surface area (Å²) in [5.74, 6) is 0.180. The van der Waals surface area contributed by atoms with Crippen LogP contribution in [0.4, 0.5) is 5.82 Å². The number of likely N-dealkylation sites (N-methyl/N-ethyl adjacent to an activating group) is 1. The van der Waals surface area contributed by atoms with Gasteiger partial charge in [-0.3, -0.25) is 9.36 Å². The monoisotopic (exact) mass is 493 g/mol. The van der Waals surface area contributed by atoms with Gasteiger partial charge in [0.1, 0.15) is 12.2 Å². The summed E-state index contributed by atoms with van der Waals surface area (Å²) in [5, 5.41) is 35.2. The van der Waals surface area contributed by atoms with Gasteiger partial charge < -0.3 is 25.6 Å². The van der Waals surface area contributed by atoms with Crippen molar-refractivity contribution in [3.05, 3.63) is 54.1 Å². The number of benzene rings is 1. The summed E-state index contributed by atoms with van der Waals surface area (Å²) in [4.78, 5) is 25.8. The van der Waals surface area contributed by atoms with Crippen LogP contribution in [0.5, 0.6) is 0 Å². The molecule has 0 unspecified atom stereocenters. The molecule has 1 aliphatic heterocycles. The molecule has 13 nitrogen and oxygen atoms in total. The van der Waals surface area contributed by atoms with Gasteiger partial charge in [-0.2, -0.15) is 14.6 Å². The molecule has 4 heterocycles. The number of ether oxygens (including phenoxy) is 1. The molecule has 4 N–H and O–H groups in total. The summed E-state index contributed by atoms with van der Waals surface area (Å²) in [6.45, 7) is 2.68. The van der Waals surface area contributed by atoms with Crippen LogP contribution in [0.25, 0.3) is 17.1 Å². The predicted octanol–water partition coefficient (Wildman–Crippen LogP) is 0.185. The van der Waals surface area contributed by atoms with Crippen LogP contribution in [0.2, 0.25) is 0 Å². The molecular formula is C23H27N9O4. The third kappa shape index (κ3) is 4.39. The molecular weight excluding hydrogens is 466 g/mol. The molecule has 0 spiro atoms. The first kappa shape index (κ1) is 23.8. The van der Waals surface area contributed by atoms with Crippen LogP contribution in [-0.4, -0.2) is 82.5 Å². The standard InChI is InChI=1S/C23H27N9O4/c1-3-9-25-19-15-20(31(12-26-15)22-17(34)16(33)18(36-22)21(35)24-2)28-23(27-19)32-11-14(29-30-32)10-13-7-5-4-6-8-13/h4-8,11-12,16-18,22,33-34H,3,9-10H2,1-2H3,(H,24,35)(H,25,27,28)/t16-,17+,18-,22+/m0/s1.